The first-order valence-electron chi connectivity index (χ1n) is 6.12. The number of nitrogens with zero attached hydrogens (tertiary/aromatic N) is 1. The Morgan fingerprint density at radius 2 is 1.77 bits per heavy atom. The SMILES string of the molecule is O=C(c1cc(Cl)c(O)c(Cl)c1)N1C=COc2ccc(Cl)cc21. The molecule has 1 aliphatic rings. The third kappa shape index (κ3) is 2.61. The van der Waals surface area contributed by atoms with Gasteiger partial charge in [-0.2, -0.15) is 0 Å². The Morgan fingerprint density at radius 1 is 1.09 bits per heavy atom. The van der Waals surface area contributed by atoms with Crippen LogP contribution in [0.25, 0.3) is 0 Å². The molecule has 1 aliphatic heterocycles. The highest BCUT2D eigenvalue weighted by molar-refractivity contribution is 6.37. The van der Waals surface area contributed by atoms with Crippen molar-refractivity contribution in [3.05, 3.63) is 63.4 Å². The van der Waals surface area contributed by atoms with Gasteiger partial charge >= 0.3 is 0 Å². The van der Waals surface area contributed by atoms with Gasteiger partial charge in [0.05, 0.1) is 15.7 Å². The lowest BCUT2D eigenvalue weighted by molar-refractivity contribution is 0.0995. The zero-order valence-corrected chi connectivity index (χ0v) is 13.2. The number of amides is 1. The first-order chi connectivity index (χ1) is 10.5. The van der Waals surface area contributed by atoms with Crippen LogP contribution in [0.1, 0.15) is 10.4 Å². The average Bonchev–Trinajstić information content (AvgIpc) is 2.50. The van der Waals surface area contributed by atoms with Gasteiger partial charge in [-0.15, -0.1) is 0 Å². The molecule has 2 aromatic rings. The quantitative estimate of drug-likeness (QED) is 0.793. The summed E-state index contributed by atoms with van der Waals surface area (Å²) < 4.78 is 5.34. The number of ether oxygens (including phenoxy) is 1. The Bertz CT molecular complexity index is 782. The van der Waals surface area contributed by atoms with E-state index in [1.165, 1.54) is 29.5 Å². The summed E-state index contributed by atoms with van der Waals surface area (Å²) in [6.45, 7) is 0. The number of phenols is 1. The Hall–Kier alpha value is -1.88. The van der Waals surface area contributed by atoms with Gasteiger partial charge in [0.25, 0.3) is 5.91 Å². The van der Waals surface area contributed by atoms with E-state index in [0.29, 0.717) is 16.5 Å². The molecule has 0 fully saturated rings. The van der Waals surface area contributed by atoms with Gasteiger partial charge in [0.2, 0.25) is 0 Å². The Labute approximate surface area is 141 Å². The summed E-state index contributed by atoms with van der Waals surface area (Å²) in [5.41, 5.74) is 0.727. The van der Waals surface area contributed by atoms with Crippen LogP contribution in [-0.2, 0) is 0 Å². The number of carbonyl (C=O) groups excluding carboxylic acids is 1. The number of halogens is 3. The smallest absolute Gasteiger partial charge is 0.262 e. The second-order valence-corrected chi connectivity index (χ2v) is 5.73. The highest BCUT2D eigenvalue weighted by Crippen LogP contribution is 2.37. The van der Waals surface area contributed by atoms with Crippen LogP contribution in [0.5, 0.6) is 11.5 Å². The molecule has 0 saturated heterocycles. The van der Waals surface area contributed by atoms with Crippen molar-refractivity contribution in [2.75, 3.05) is 4.90 Å². The summed E-state index contributed by atoms with van der Waals surface area (Å²) in [7, 11) is 0. The molecule has 2 aromatic carbocycles. The molecular formula is C15H8Cl3NO3. The topological polar surface area (TPSA) is 49.8 Å². The second kappa shape index (κ2) is 5.72. The van der Waals surface area contributed by atoms with Crippen molar-refractivity contribution >= 4 is 46.4 Å². The van der Waals surface area contributed by atoms with Crippen LogP contribution in [-0.4, -0.2) is 11.0 Å². The van der Waals surface area contributed by atoms with Gasteiger partial charge in [0.1, 0.15) is 6.26 Å². The Kier molecular flexibility index (Phi) is 3.91. The molecule has 0 aromatic heterocycles. The number of rotatable bonds is 1. The number of benzene rings is 2. The molecule has 0 aliphatic carbocycles. The fraction of sp³-hybridized carbons (Fsp3) is 0. The molecule has 0 unspecified atom stereocenters. The minimum atomic E-state index is -0.383. The van der Waals surface area contributed by atoms with Gasteiger partial charge in [-0.3, -0.25) is 9.69 Å². The molecule has 1 heterocycles. The highest BCUT2D eigenvalue weighted by Gasteiger charge is 2.23. The normalized spacial score (nSPS) is 12.8. The van der Waals surface area contributed by atoms with Crippen LogP contribution in [0.3, 0.4) is 0 Å². The van der Waals surface area contributed by atoms with Gasteiger partial charge in [-0.05, 0) is 30.3 Å². The molecule has 0 radical (unpaired) electrons. The van der Waals surface area contributed by atoms with Crippen LogP contribution >= 0.6 is 34.8 Å². The van der Waals surface area contributed by atoms with Crippen LogP contribution < -0.4 is 9.64 Å². The average molecular weight is 357 g/mol. The molecule has 22 heavy (non-hydrogen) atoms. The lowest BCUT2D eigenvalue weighted by atomic mass is 10.1. The largest absolute Gasteiger partial charge is 0.505 e. The lowest BCUT2D eigenvalue weighted by Gasteiger charge is -2.24. The van der Waals surface area contributed by atoms with Gasteiger partial charge in [-0.1, -0.05) is 34.8 Å². The predicted molar refractivity (Wildman–Crippen MR) is 86.2 cm³/mol. The van der Waals surface area contributed by atoms with Crippen molar-refractivity contribution in [2.24, 2.45) is 0 Å². The number of fused-ring (bicyclic) bond motifs is 1. The van der Waals surface area contributed by atoms with Crippen molar-refractivity contribution in [3.63, 3.8) is 0 Å². The maximum absolute atomic E-state index is 12.7. The molecular weight excluding hydrogens is 349 g/mol. The van der Waals surface area contributed by atoms with E-state index in [0.717, 1.165) is 0 Å². The van der Waals surface area contributed by atoms with Crippen LogP contribution in [0, 0.1) is 0 Å². The first-order valence-corrected chi connectivity index (χ1v) is 7.25. The third-order valence-corrected chi connectivity index (χ3v) is 3.88. The lowest BCUT2D eigenvalue weighted by Crippen LogP contribution is -2.27. The summed E-state index contributed by atoms with van der Waals surface area (Å²) in [5.74, 6) is -0.149. The van der Waals surface area contributed by atoms with Crippen LogP contribution in [0.15, 0.2) is 42.8 Å². The van der Waals surface area contributed by atoms with E-state index in [1.807, 2.05) is 0 Å². The maximum atomic E-state index is 12.7. The molecule has 3 rings (SSSR count). The van der Waals surface area contributed by atoms with Gasteiger partial charge in [0, 0.05) is 16.8 Å². The van der Waals surface area contributed by atoms with Crippen molar-refractivity contribution in [3.8, 4) is 11.5 Å². The van der Waals surface area contributed by atoms with E-state index < -0.39 is 0 Å². The summed E-state index contributed by atoms with van der Waals surface area (Å²) in [4.78, 5) is 14.0. The zero-order valence-electron chi connectivity index (χ0n) is 10.9. The van der Waals surface area contributed by atoms with Gasteiger partial charge < -0.3 is 9.84 Å². The molecule has 7 heteroatoms. The van der Waals surface area contributed by atoms with Crippen LogP contribution in [0.4, 0.5) is 5.69 Å². The molecule has 0 saturated carbocycles. The molecule has 0 bridgehead atoms. The maximum Gasteiger partial charge on any atom is 0.262 e. The highest BCUT2D eigenvalue weighted by atomic mass is 35.5. The molecule has 0 atom stereocenters. The fourth-order valence-corrected chi connectivity index (χ4v) is 2.68. The summed E-state index contributed by atoms with van der Waals surface area (Å²) in [6, 6.07) is 7.63. The van der Waals surface area contributed by atoms with Crippen molar-refractivity contribution in [1.82, 2.24) is 0 Å². The molecule has 1 amide bonds. The van der Waals surface area contributed by atoms with E-state index in [9.17, 15) is 9.90 Å². The van der Waals surface area contributed by atoms with Crippen molar-refractivity contribution in [1.29, 1.82) is 0 Å². The van der Waals surface area contributed by atoms with E-state index in [1.54, 1.807) is 18.2 Å². The molecule has 112 valence electrons. The Morgan fingerprint density at radius 3 is 2.45 bits per heavy atom. The van der Waals surface area contributed by atoms with Crippen molar-refractivity contribution in [2.45, 2.75) is 0 Å². The predicted octanol–water partition coefficient (Wildman–Crippen LogP) is 4.86. The second-order valence-electron chi connectivity index (χ2n) is 4.48. The summed E-state index contributed by atoms with van der Waals surface area (Å²) >= 11 is 17.7. The summed E-state index contributed by atoms with van der Waals surface area (Å²) in [5, 5.41) is 10.0. The number of anilines is 1. The minimum absolute atomic E-state index is 0.000549. The number of hydrogen-bond donors (Lipinski definition) is 1. The van der Waals surface area contributed by atoms with E-state index >= 15 is 0 Å². The monoisotopic (exact) mass is 355 g/mol. The van der Waals surface area contributed by atoms with E-state index in [4.69, 9.17) is 39.5 Å². The minimum Gasteiger partial charge on any atom is -0.505 e. The van der Waals surface area contributed by atoms with E-state index in [-0.39, 0.29) is 27.3 Å². The van der Waals surface area contributed by atoms with Gasteiger partial charge in [-0.25, -0.2) is 0 Å². The summed E-state index contributed by atoms with van der Waals surface area (Å²) in [6.07, 6.45) is 2.85. The number of carbonyl (C=O) groups is 1. The number of phenolic OH excluding ortho intramolecular Hbond substituents is 1. The third-order valence-electron chi connectivity index (χ3n) is 3.07. The molecule has 1 N–H and O–H groups in total. The fourth-order valence-electron chi connectivity index (χ4n) is 2.03. The van der Waals surface area contributed by atoms with Gasteiger partial charge in [0.15, 0.2) is 11.5 Å². The first kappa shape index (κ1) is 15.0. The van der Waals surface area contributed by atoms with Crippen molar-refractivity contribution < 1.29 is 14.6 Å². The number of aromatic hydroxyl groups is 1. The van der Waals surface area contributed by atoms with Crippen LogP contribution in [0.2, 0.25) is 15.1 Å². The number of hydrogen-bond acceptors (Lipinski definition) is 3. The Balaban J connectivity index is 2.05. The zero-order chi connectivity index (χ0) is 15.9. The molecule has 4 nitrogen and oxygen atoms in total. The standard InChI is InChI=1S/C15H8Cl3NO3/c16-9-1-2-13-12(7-9)19(3-4-22-13)15(21)8-5-10(17)14(20)11(18)6-8/h1-7,20H. The molecule has 0 spiro atoms. The van der Waals surface area contributed by atoms with E-state index in [2.05, 4.69) is 0 Å².